The molecule has 0 bridgehead atoms. The number of carbonyl (C=O) groups excluding carboxylic acids is 1. The van der Waals surface area contributed by atoms with Gasteiger partial charge in [-0.05, 0) is 31.2 Å². The van der Waals surface area contributed by atoms with Gasteiger partial charge in [0.2, 0.25) is 0 Å². The molecule has 188 valence electrons. The number of nitrogens with zero attached hydrogens (tertiary/aromatic N) is 3. The summed E-state index contributed by atoms with van der Waals surface area (Å²) in [7, 11) is 0. The lowest BCUT2D eigenvalue weighted by Gasteiger charge is -2.19. The Morgan fingerprint density at radius 2 is 1.97 bits per heavy atom. The topological polar surface area (TPSA) is 98.4 Å². The lowest BCUT2D eigenvalue weighted by atomic mass is 10.1. The first-order valence-corrected chi connectivity index (χ1v) is 10.4. The highest BCUT2D eigenvalue weighted by Crippen LogP contribution is 2.32. The lowest BCUT2D eigenvalue weighted by molar-refractivity contribution is -0.00340. The number of hydrogen-bond acceptors (Lipinski definition) is 5. The van der Waals surface area contributed by atoms with Crippen LogP contribution in [0.4, 0.5) is 27.6 Å². The van der Waals surface area contributed by atoms with Gasteiger partial charge in [0.25, 0.3) is 12.3 Å². The number of ether oxygens (including phenoxy) is 1. The second-order valence-corrected chi connectivity index (χ2v) is 7.39. The highest BCUT2D eigenvalue weighted by Gasteiger charge is 2.30. The van der Waals surface area contributed by atoms with Crippen molar-refractivity contribution in [2.45, 2.75) is 32.6 Å². The van der Waals surface area contributed by atoms with Gasteiger partial charge in [0.1, 0.15) is 24.8 Å². The minimum Gasteiger partial charge on any atom is -0.478 e. The van der Waals surface area contributed by atoms with E-state index in [-0.39, 0.29) is 17.4 Å². The van der Waals surface area contributed by atoms with Crippen LogP contribution in [0.1, 0.15) is 23.1 Å². The third kappa shape index (κ3) is 5.15. The van der Waals surface area contributed by atoms with Crippen LogP contribution in [-0.4, -0.2) is 44.6 Å². The fourth-order valence-corrected chi connectivity index (χ4v) is 3.34. The molecule has 0 saturated carbocycles. The maximum atomic E-state index is 15.5. The van der Waals surface area contributed by atoms with E-state index in [0.717, 1.165) is 22.8 Å². The summed E-state index contributed by atoms with van der Waals surface area (Å²) in [6.07, 6.45) is -5.86. The number of nitrogens with one attached hydrogen (secondary N) is 1. The molecule has 0 fully saturated rings. The summed E-state index contributed by atoms with van der Waals surface area (Å²) in [6, 6.07) is 5.32. The predicted octanol–water partition coefficient (Wildman–Crippen LogP) is 3.71. The molecule has 0 aliphatic heterocycles. The molecule has 35 heavy (non-hydrogen) atoms. The summed E-state index contributed by atoms with van der Waals surface area (Å²) < 4.78 is 75.5. The van der Waals surface area contributed by atoms with E-state index in [2.05, 4.69) is 10.4 Å². The normalized spacial score (nSPS) is 12.1. The van der Waals surface area contributed by atoms with E-state index >= 15 is 4.39 Å². The molecule has 0 unspecified atom stereocenters. The van der Waals surface area contributed by atoms with Crippen molar-refractivity contribution in [3.63, 3.8) is 0 Å². The van der Waals surface area contributed by atoms with E-state index in [0.29, 0.717) is 4.68 Å². The van der Waals surface area contributed by atoms with Gasteiger partial charge >= 0.3 is 5.69 Å². The molecule has 1 amide bonds. The summed E-state index contributed by atoms with van der Waals surface area (Å²) in [5.41, 5.74) is -2.70. The van der Waals surface area contributed by atoms with Gasteiger partial charge in [0.15, 0.2) is 23.5 Å². The zero-order valence-electron chi connectivity index (χ0n) is 17.9. The van der Waals surface area contributed by atoms with Crippen LogP contribution in [0.3, 0.4) is 0 Å². The summed E-state index contributed by atoms with van der Waals surface area (Å²) in [5, 5.41) is 15.1. The van der Waals surface area contributed by atoms with Crippen LogP contribution in [-0.2, 0) is 13.2 Å². The van der Waals surface area contributed by atoms with Crippen LogP contribution in [0.25, 0.3) is 5.69 Å². The van der Waals surface area contributed by atoms with Crippen molar-refractivity contribution in [3.8, 4) is 11.4 Å². The van der Waals surface area contributed by atoms with Crippen LogP contribution in [0.2, 0.25) is 5.02 Å². The number of halogens is 6. The number of anilines is 1. The Balaban J connectivity index is 2.16. The van der Waals surface area contributed by atoms with E-state index in [4.69, 9.17) is 16.3 Å². The number of benzene rings is 2. The molecule has 0 saturated heterocycles. The molecule has 1 atom stereocenters. The van der Waals surface area contributed by atoms with Gasteiger partial charge in [-0.25, -0.2) is 26.7 Å². The van der Waals surface area contributed by atoms with Gasteiger partial charge in [-0.15, -0.1) is 5.10 Å². The summed E-state index contributed by atoms with van der Waals surface area (Å²) in [6.45, 7) is -0.771. The Labute approximate surface area is 199 Å². The van der Waals surface area contributed by atoms with Crippen molar-refractivity contribution in [2.24, 2.45) is 0 Å². The van der Waals surface area contributed by atoms with Gasteiger partial charge < -0.3 is 15.2 Å². The first kappa shape index (κ1) is 26.2. The molecule has 1 heterocycles. The molecule has 0 aliphatic rings. The Bertz CT molecular complexity index is 1280. The number of amides is 1. The minimum absolute atomic E-state index is 0.0684. The number of hydrogen-bond donors (Lipinski definition) is 2. The first-order chi connectivity index (χ1) is 16.6. The average Bonchev–Trinajstić information content (AvgIpc) is 3.15. The first-order valence-electron chi connectivity index (χ1n) is 10.0. The molecule has 0 radical (unpaired) electrons. The SMILES string of the molecule is CCn1c(CO)nn(-c2ccc(C(=O)Nc3c(F)cccc3Cl)c(O[C@@H](CF)C(F)F)c2F)c1=O. The van der Waals surface area contributed by atoms with E-state index in [1.807, 2.05) is 0 Å². The lowest BCUT2D eigenvalue weighted by Crippen LogP contribution is -2.30. The van der Waals surface area contributed by atoms with E-state index in [1.165, 1.54) is 12.1 Å². The van der Waals surface area contributed by atoms with Crippen molar-refractivity contribution < 1.29 is 36.6 Å². The monoisotopic (exact) mass is 520 g/mol. The molecule has 14 heteroatoms. The van der Waals surface area contributed by atoms with Crippen LogP contribution in [0.15, 0.2) is 35.1 Å². The molecule has 3 aromatic rings. The van der Waals surface area contributed by atoms with Crippen LogP contribution >= 0.6 is 11.6 Å². The van der Waals surface area contributed by atoms with Crippen molar-refractivity contribution >= 4 is 23.2 Å². The van der Waals surface area contributed by atoms with Gasteiger partial charge in [0, 0.05) is 6.54 Å². The number of alkyl halides is 3. The summed E-state index contributed by atoms with van der Waals surface area (Å²) >= 11 is 5.87. The molecule has 0 aliphatic carbocycles. The second-order valence-electron chi connectivity index (χ2n) is 6.98. The van der Waals surface area contributed by atoms with Crippen LogP contribution in [0.5, 0.6) is 5.75 Å². The molecule has 2 aromatic carbocycles. The number of aliphatic hydroxyl groups excluding tert-OH is 1. The number of aliphatic hydroxyl groups is 1. The van der Waals surface area contributed by atoms with Crippen LogP contribution in [0, 0.1) is 11.6 Å². The van der Waals surface area contributed by atoms with Crippen molar-refractivity contribution in [3.05, 3.63) is 68.9 Å². The van der Waals surface area contributed by atoms with Crippen molar-refractivity contribution in [1.29, 1.82) is 0 Å². The highest BCUT2D eigenvalue weighted by molar-refractivity contribution is 6.34. The fraction of sp³-hybridized carbons (Fsp3) is 0.286. The molecule has 0 spiro atoms. The van der Waals surface area contributed by atoms with Crippen molar-refractivity contribution in [2.75, 3.05) is 12.0 Å². The summed E-state index contributed by atoms with van der Waals surface area (Å²) in [5.74, 6) is -4.90. The van der Waals surface area contributed by atoms with Crippen molar-refractivity contribution in [1.82, 2.24) is 14.3 Å². The Morgan fingerprint density at radius 1 is 1.26 bits per heavy atom. The molecule has 2 N–H and O–H groups in total. The second kappa shape index (κ2) is 10.9. The largest absolute Gasteiger partial charge is 0.478 e. The molecule has 8 nitrogen and oxygen atoms in total. The maximum absolute atomic E-state index is 15.5. The smallest absolute Gasteiger partial charge is 0.350 e. The Kier molecular flexibility index (Phi) is 8.12. The van der Waals surface area contributed by atoms with Gasteiger partial charge in [0.05, 0.1) is 16.3 Å². The Morgan fingerprint density at radius 3 is 2.51 bits per heavy atom. The Hall–Kier alpha value is -3.45. The quantitative estimate of drug-likeness (QED) is 0.419. The minimum atomic E-state index is -3.40. The van der Waals surface area contributed by atoms with Gasteiger partial charge in [-0.1, -0.05) is 17.7 Å². The number of para-hydroxylation sites is 1. The van der Waals surface area contributed by atoms with E-state index in [9.17, 15) is 32.3 Å². The maximum Gasteiger partial charge on any atom is 0.350 e. The third-order valence-electron chi connectivity index (χ3n) is 4.85. The zero-order chi connectivity index (χ0) is 25.9. The van der Waals surface area contributed by atoms with E-state index < -0.39 is 71.7 Å². The molecular formula is C21H18ClF5N4O4. The standard InChI is InChI=1S/C21H18ClF5N4O4/c1-2-30-15(9-32)29-31(21(30)34)13-7-6-10(18(16(13)25)35-14(8-23)19(26)27)20(33)28-17-11(22)4-3-5-12(17)24/h3-7,14,19,32H,2,8-9H2,1H3,(H,28,33)/t14-/m0/s1. The summed E-state index contributed by atoms with van der Waals surface area (Å²) in [4.78, 5) is 25.4. The predicted molar refractivity (Wildman–Crippen MR) is 115 cm³/mol. The number of aromatic nitrogens is 3. The average molecular weight is 521 g/mol. The zero-order valence-corrected chi connectivity index (χ0v) is 18.7. The molecule has 3 rings (SSSR count). The highest BCUT2D eigenvalue weighted by atomic mass is 35.5. The third-order valence-corrected chi connectivity index (χ3v) is 5.16. The molecule has 1 aromatic heterocycles. The van der Waals surface area contributed by atoms with Gasteiger partial charge in [-0.2, -0.15) is 4.68 Å². The van der Waals surface area contributed by atoms with Crippen LogP contribution < -0.4 is 15.7 Å². The number of rotatable bonds is 9. The molecular weight excluding hydrogens is 503 g/mol. The van der Waals surface area contributed by atoms with Gasteiger partial charge in [-0.3, -0.25) is 9.36 Å². The fourth-order valence-electron chi connectivity index (χ4n) is 3.13. The number of carbonyl (C=O) groups is 1. The van der Waals surface area contributed by atoms with E-state index in [1.54, 1.807) is 6.92 Å².